The zero-order valence-electron chi connectivity index (χ0n) is 13.0. The van der Waals surface area contributed by atoms with Crippen LogP contribution < -0.4 is 11.1 Å². The molecule has 0 radical (unpaired) electrons. The van der Waals surface area contributed by atoms with Gasteiger partial charge in [-0.3, -0.25) is 4.79 Å². The van der Waals surface area contributed by atoms with Crippen molar-refractivity contribution in [2.24, 2.45) is 5.73 Å². The van der Waals surface area contributed by atoms with Crippen LogP contribution in [0.3, 0.4) is 0 Å². The highest BCUT2D eigenvalue weighted by Gasteiger charge is 2.23. The SMILES string of the molecule is C[C@H](NC(=O)OC(C)(C)C)C(O)c1ccc(C(N)=O)c(Cl)c1. The lowest BCUT2D eigenvalue weighted by Gasteiger charge is -2.24. The number of nitrogens with one attached hydrogen (secondary N) is 1. The van der Waals surface area contributed by atoms with Crippen LogP contribution in [-0.2, 0) is 4.74 Å². The molecule has 122 valence electrons. The molecule has 1 aromatic carbocycles. The van der Waals surface area contributed by atoms with Gasteiger partial charge in [0.1, 0.15) is 5.60 Å². The highest BCUT2D eigenvalue weighted by atomic mass is 35.5. The molecule has 0 aliphatic heterocycles. The third-order valence-corrected chi connectivity index (χ3v) is 3.13. The van der Waals surface area contributed by atoms with Crippen molar-refractivity contribution in [3.05, 3.63) is 34.3 Å². The third-order valence-electron chi connectivity index (χ3n) is 2.82. The first-order chi connectivity index (χ1) is 10.0. The summed E-state index contributed by atoms with van der Waals surface area (Å²) in [6.07, 6.45) is -1.63. The van der Waals surface area contributed by atoms with E-state index < -0.39 is 29.7 Å². The number of halogens is 1. The Bertz CT molecular complexity index is 569. The van der Waals surface area contributed by atoms with Crippen molar-refractivity contribution in [3.8, 4) is 0 Å². The Kier molecular flexibility index (Phi) is 5.79. The summed E-state index contributed by atoms with van der Waals surface area (Å²) in [5, 5.41) is 12.9. The van der Waals surface area contributed by atoms with Crippen molar-refractivity contribution in [1.29, 1.82) is 0 Å². The summed E-state index contributed by atoms with van der Waals surface area (Å²) < 4.78 is 5.12. The minimum atomic E-state index is -1.01. The van der Waals surface area contributed by atoms with E-state index in [9.17, 15) is 14.7 Å². The number of carbonyl (C=O) groups is 2. The second-order valence-electron chi connectivity index (χ2n) is 5.98. The number of nitrogens with two attached hydrogens (primary N) is 1. The van der Waals surface area contributed by atoms with E-state index >= 15 is 0 Å². The van der Waals surface area contributed by atoms with Crippen molar-refractivity contribution in [3.63, 3.8) is 0 Å². The first-order valence-corrected chi connectivity index (χ1v) is 7.16. The molecular weight excluding hydrogens is 308 g/mol. The van der Waals surface area contributed by atoms with E-state index in [2.05, 4.69) is 5.32 Å². The molecule has 0 fully saturated rings. The van der Waals surface area contributed by atoms with Gasteiger partial charge in [0.2, 0.25) is 5.91 Å². The van der Waals surface area contributed by atoms with Gasteiger partial charge in [0.05, 0.1) is 22.7 Å². The predicted octanol–water partition coefficient (Wildman–Crippen LogP) is 2.39. The number of aliphatic hydroxyl groups is 1. The monoisotopic (exact) mass is 328 g/mol. The molecule has 1 unspecified atom stereocenters. The summed E-state index contributed by atoms with van der Waals surface area (Å²) in [7, 11) is 0. The van der Waals surface area contributed by atoms with E-state index in [4.69, 9.17) is 22.1 Å². The topological polar surface area (TPSA) is 102 Å². The number of ether oxygens (including phenoxy) is 1. The van der Waals surface area contributed by atoms with E-state index in [0.29, 0.717) is 5.56 Å². The summed E-state index contributed by atoms with van der Waals surface area (Å²) in [5.74, 6) is -0.647. The number of hydrogen-bond donors (Lipinski definition) is 3. The second kappa shape index (κ2) is 6.98. The van der Waals surface area contributed by atoms with Gasteiger partial charge in [-0.25, -0.2) is 4.79 Å². The fraction of sp³-hybridized carbons (Fsp3) is 0.467. The van der Waals surface area contributed by atoms with Gasteiger partial charge < -0.3 is 20.9 Å². The smallest absolute Gasteiger partial charge is 0.407 e. The first kappa shape index (κ1) is 18.3. The number of carbonyl (C=O) groups excluding carboxylic acids is 2. The van der Waals surface area contributed by atoms with Crippen LogP contribution in [0.5, 0.6) is 0 Å². The summed E-state index contributed by atoms with van der Waals surface area (Å²) in [4.78, 5) is 22.8. The molecule has 0 saturated carbocycles. The Morgan fingerprint density at radius 2 is 1.95 bits per heavy atom. The molecule has 22 heavy (non-hydrogen) atoms. The standard InChI is InChI=1S/C15H21ClN2O4/c1-8(18-14(21)22-15(2,3)4)12(19)9-5-6-10(13(17)20)11(16)7-9/h5-8,12,19H,1-4H3,(H2,17,20)(H,18,21)/t8-,12?/m0/s1. The van der Waals surface area contributed by atoms with E-state index in [-0.39, 0.29) is 10.6 Å². The lowest BCUT2D eigenvalue weighted by Crippen LogP contribution is -2.40. The zero-order valence-corrected chi connectivity index (χ0v) is 13.8. The zero-order chi connectivity index (χ0) is 17.1. The fourth-order valence-corrected chi connectivity index (χ4v) is 2.06. The minimum Gasteiger partial charge on any atom is -0.444 e. The van der Waals surface area contributed by atoms with Crippen LogP contribution in [0.1, 0.15) is 49.7 Å². The van der Waals surface area contributed by atoms with Crippen molar-refractivity contribution < 1.29 is 19.4 Å². The summed E-state index contributed by atoms with van der Waals surface area (Å²) in [5.41, 5.74) is 5.17. The number of benzene rings is 1. The summed E-state index contributed by atoms with van der Waals surface area (Å²) >= 11 is 5.94. The van der Waals surface area contributed by atoms with Gasteiger partial charge in [-0.1, -0.05) is 17.7 Å². The van der Waals surface area contributed by atoms with E-state index in [1.165, 1.54) is 18.2 Å². The molecule has 0 bridgehead atoms. The molecule has 7 heteroatoms. The Morgan fingerprint density at radius 3 is 2.41 bits per heavy atom. The molecule has 2 atom stereocenters. The van der Waals surface area contributed by atoms with Crippen LogP contribution >= 0.6 is 11.6 Å². The molecule has 1 aromatic rings. The van der Waals surface area contributed by atoms with E-state index in [1.807, 2.05) is 0 Å². The van der Waals surface area contributed by atoms with Crippen LogP contribution in [0, 0.1) is 0 Å². The van der Waals surface area contributed by atoms with Crippen molar-refractivity contribution >= 4 is 23.6 Å². The average molecular weight is 329 g/mol. The predicted molar refractivity (Wildman–Crippen MR) is 83.8 cm³/mol. The quantitative estimate of drug-likeness (QED) is 0.789. The molecule has 6 nitrogen and oxygen atoms in total. The second-order valence-corrected chi connectivity index (χ2v) is 6.39. The van der Waals surface area contributed by atoms with E-state index in [1.54, 1.807) is 27.7 Å². The number of hydrogen-bond acceptors (Lipinski definition) is 4. The van der Waals surface area contributed by atoms with Crippen molar-refractivity contribution in [2.45, 2.75) is 45.4 Å². The van der Waals surface area contributed by atoms with Gasteiger partial charge >= 0.3 is 6.09 Å². The van der Waals surface area contributed by atoms with Crippen LogP contribution in [0.25, 0.3) is 0 Å². The minimum absolute atomic E-state index is 0.147. The van der Waals surface area contributed by atoms with Crippen molar-refractivity contribution in [1.82, 2.24) is 5.32 Å². The molecule has 0 aliphatic rings. The van der Waals surface area contributed by atoms with Crippen LogP contribution in [0.2, 0.25) is 5.02 Å². The van der Waals surface area contributed by atoms with Gasteiger partial charge in [0.25, 0.3) is 0 Å². The number of rotatable bonds is 4. The van der Waals surface area contributed by atoms with Gasteiger partial charge in [-0.15, -0.1) is 0 Å². The summed E-state index contributed by atoms with van der Waals surface area (Å²) in [6.45, 7) is 6.87. The number of amides is 2. The Morgan fingerprint density at radius 1 is 1.36 bits per heavy atom. The van der Waals surface area contributed by atoms with Gasteiger partial charge in [0, 0.05) is 0 Å². The molecule has 0 aromatic heterocycles. The molecule has 4 N–H and O–H groups in total. The number of primary amides is 1. The lowest BCUT2D eigenvalue weighted by molar-refractivity contribution is 0.0436. The van der Waals surface area contributed by atoms with Crippen LogP contribution in [0.15, 0.2) is 18.2 Å². The Labute approximate surface area is 134 Å². The molecule has 1 rings (SSSR count). The Hall–Kier alpha value is -1.79. The first-order valence-electron chi connectivity index (χ1n) is 6.78. The molecule has 0 heterocycles. The molecular formula is C15H21ClN2O4. The van der Waals surface area contributed by atoms with Crippen LogP contribution in [-0.4, -0.2) is 28.7 Å². The largest absolute Gasteiger partial charge is 0.444 e. The molecule has 0 saturated heterocycles. The maximum Gasteiger partial charge on any atom is 0.407 e. The van der Waals surface area contributed by atoms with E-state index in [0.717, 1.165) is 0 Å². The Balaban J connectivity index is 2.79. The molecule has 2 amide bonds. The highest BCUT2D eigenvalue weighted by Crippen LogP contribution is 2.24. The van der Waals surface area contributed by atoms with Crippen molar-refractivity contribution in [2.75, 3.05) is 0 Å². The maximum absolute atomic E-state index is 11.7. The maximum atomic E-state index is 11.7. The molecule has 0 spiro atoms. The van der Waals surface area contributed by atoms with Gasteiger partial charge in [-0.05, 0) is 45.4 Å². The average Bonchev–Trinajstić information content (AvgIpc) is 2.34. The normalized spacial score (nSPS) is 14.1. The number of aliphatic hydroxyl groups excluding tert-OH is 1. The highest BCUT2D eigenvalue weighted by molar-refractivity contribution is 6.33. The van der Waals surface area contributed by atoms with Crippen LogP contribution in [0.4, 0.5) is 4.79 Å². The molecule has 0 aliphatic carbocycles. The number of alkyl carbamates (subject to hydrolysis) is 1. The van der Waals surface area contributed by atoms with Gasteiger partial charge in [0.15, 0.2) is 0 Å². The lowest BCUT2D eigenvalue weighted by atomic mass is 10.0. The summed E-state index contributed by atoms with van der Waals surface area (Å²) in [6, 6.07) is 3.80. The fourth-order valence-electron chi connectivity index (χ4n) is 1.78. The third kappa shape index (κ3) is 5.20. The van der Waals surface area contributed by atoms with Gasteiger partial charge in [-0.2, -0.15) is 0 Å².